The lowest BCUT2D eigenvalue weighted by molar-refractivity contribution is -0.642. The highest BCUT2D eigenvalue weighted by atomic mass is 16.2. The van der Waals surface area contributed by atoms with Crippen molar-refractivity contribution in [2.24, 2.45) is 4.99 Å². The minimum Gasteiger partial charge on any atom is -0.245 e. The van der Waals surface area contributed by atoms with Gasteiger partial charge in [0.2, 0.25) is 6.34 Å². The second kappa shape index (κ2) is 5.96. The van der Waals surface area contributed by atoms with E-state index in [0.717, 1.165) is 22.5 Å². The van der Waals surface area contributed by atoms with E-state index in [0.29, 0.717) is 0 Å². The van der Waals surface area contributed by atoms with Crippen LogP contribution in [0.1, 0.15) is 11.1 Å². The predicted octanol–water partition coefficient (Wildman–Crippen LogP) is 3.87. The lowest BCUT2D eigenvalue weighted by Gasteiger charge is -2.25. The maximum Gasteiger partial charge on any atom is 0.439 e. The van der Waals surface area contributed by atoms with E-state index in [4.69, 9.17) is 0 Å². The van der Waals surface area contributed by atoms with Crippen molar-refractivity contribution < 1.29 is 9.28 Å². The lowest BCUT2D eigenvalue weighted by Crippen LogP contribution is -2.47. The third-order valence-corrected chi connectivity index (χ3v) is 4.32. The molecule has 1 aliphatic heterocycles. The van der Waals surface area contributed by atoms with E-state index >= 15 is 0 Å². The minimum atomic E-state index is -0.133. The summed E-state index contributed by atoms with van der Waals surface area (Å²) in [5.74, 6) is 0. The molecule has 1 amide bonds. The van der Waals surface area contributed by atoms with Crippen LogP contribution in [0.25, 0.3) is 11.4 Å². The van der Waals surface area contributed by atoms with Crippen LogP contribution in [0.3, 0.4) is 0 Å². The molecule has 0 radical (unpaired) electrons. The number of carbonyl (C=O) groups excluding carboxylic acids is 1. The molecule has 0 N–H and O–H groups in total. The maximum absolute atomic E-state index is 13.2. The van der Waals surface area contributed by atoms with Gasteiger partial charge in [-0.15, -0.1) is 0 Å². The number of imidazole rings is 1. The Labute approximate surface area is 145 Å². The van der Waals surface area contributed by atoms with Crippen molar-refractivity contribution in [3.8, 4) is 0 Å². The van der Waals surface area contributed by atoms with Crippen LogP contribution in [0.2, 0.25) is 0 Å². The Morgan fingerprint density at radius 1 is 0.960 bits per heavy atom. The van der Waals surface area contributed by atoms with Crippen LogP contribution in [0.4, 0.5) is 4.79 Å². The van der Waals surface area contributed by atoms with Crippen molar-refractivity contribution in [1.82, 2.24) is 9.55 Å². The molecule has 3 aromatic rings. The summed E-state index contributed by atoms with van der Waals surface area (Å²) in [5.41, 5.74) is 3.61. The van der Waals surface area contributed by atoms with Gasteiger partial charge < -0.3 is 0 Å². The molecule has 2 heterocycles. The third kappa shape index (κ3) is 2.51. The fraction of sp³-hybridized carbons (Fsp3) is 0.0500. The summed E-state index contributed by atoms with van der Waals surface area (Å²) in [6.07, 6.45) is 6.46. The number of amides is 1. The zero-order chi connectivity index (χ0) is 17.3. The standard InChI is InChI=1S/C20H17N4O/c1-24(20(25)23-13-12-21-14-23)15-22-18(16-8-4-2-5-9-16)19(24)17-10-6-3-7-11-17/h2-15H,1H3/q+1. The average Bonchev–Trinajstić information content (AvgIpc) is 3.31. The normalized spacial score (nSPS) is 19.4. The fourth-order valence-electron chi connectivity index (χ4n) is 3.08. The van der Waals surface area contributed by atoms with Crippen LogP contribution < -0.4 is 0 Å². The highest BCUT2D eigenvalue weighted by Gasteiger charge is 2.44. The van der Waals surface area contributed by atoms with Gasteiger partial charge in [0.1, 0.15) is 12.0 Å². The Hall–Kier alpha value is -3.31. The number of quaternary nitrogens is 1. The highest BCUT2D eigenvalue weighted by molar-refractivity contribution is 6.00. The predicted molar refractivity (Wildman–Crippen MR) is 97.4 cm³/mol. The number of carbonyl (C=O) groups is 1. The van der Waals surface area contributed by atoms with Crippen LogP contribution in [-0.2, 0) is 0 Å². The lowest BCUT2D eigenvalue weighted by atomic mass is 10.0. The van der Waals surface area contributed by atoms with Gasteiger partial charge >= 0.3 is 6.03 Å². The Bertz CT molecular complexity index is 959. The largest absolute Gasteiger partial charge is 0.439 e. The topological polar surface area (TPSA) is 47.2 Å². The van der Waals surface area contributed by atoms with Crippen molar-refractivity contribution in [1.29, 1.82) is 0 Å². The van der Waals surface area contributed by atoms with Crippen molar-refractivity contribution in [2.75, 3.05) is 7.05 Å². The molecule has 2 aromatic carbocycles. The molecule has 0 aliphatic carbocycles. The zero-order valence-corrected chi connectivity index (χ0v) is 13.8. The van der Waals surface area contributed by atoms with Crippen LogP contribution in [0.15, 0.2) is 84.4 Å². The second-order valence-corrected chi connectivity index (χ2v) is 6.00. The van der Waals surface area contributed by atoms with Gasteiger partial charge in [-0.25, -0.2) is 14.3 Å². The van der Waals surface area contributed by atoms with Gasteiger partial charge in [0.05, 0.1) is 7.05 Å². The van der Waals surface area contributed by atoms with Gasteiger partial charge in [-0.05, 0) is 12.1 Å². The summed E-state index contributed by atoms with van der Waals surface area (Å²) in [6.45, 7) is 0. The number of hydrogen-bond acceptors (Lipinski definition) is 3. The van der Waals surface area contributed by atoms with Gasteiger partial charge in [0, 0.05) is 23.5 Å². The quantitative estimate of drug-likeness (QED) is 0.670. The molecule has 5 nitrogen and oxygen atoms in total. The molecule has 122 valence electrons. The van der Waals surface area contributed by atoms with E-state index in [1.165, 1.54) is 10.9 Å². The van der Waals surface area contributed by atoms with E-state index in [2.05, 4.69) is 9.98 Å². The molecular formula is C20H17N4O+. The molecule has 4 rings (SSSR count). The molecule has 0 fully saturated rings. The summed E-state index contributed by atoms with van der Waals surface area (Å²) in [5, 5.41) is 0. The van der Waals surface area contributed by atoms with Crippen molar-refractivity contribution in [3.05, 3.63) is 90.5 Å². The summed E-state index contributed by atoms with van der Waals surface area (Å²) in [4.78, 5) is 21.8. The van der Waals surface area contributed by atoms with Crippen LogP contribution >= 0.6 is 0 Å². The Kier molecular flexibility index (Phi) is 3.63. The molecule has 5 heteroatoms. The van der Waals surface area contributed by atoms with Crippen molar-refractivity contribution >= 4 is 23.8 Å². The smallest absolute Gasteiger partial charge is 0.245 e. The average molecular weight is 329 g/mol. The first kappa shape index (κ1) is 15.2. The second-order valence-electron chi connectivity index (χ2n) is 6.00. The monoisotopic (exact) mass is 329 g/mol. The number of rotatable bonds is 2. The van der Waals surface area contributed by atoms with Crippen LogP contribution in [0.5, 0.6) is 0 Å². The van der Waals surface area contributed by atoms with Crippen molar-refractivity contribution in [2.45, 2.75) is 0 Å². The van der Waals surface area contributed by atoms with Crippen LogP contribution in [0, 0.1) is 0 Å². The molecule has 1 aromatic heterocycles. The zero-order valence-electron chi connectivity index (χ0n) is 13.8. The number of benzene rings is 2. The summed E-state index contributed by atoms with van der Waals surface area (Å²) < 4.78 is 1.44. The van der Waals surface area contributed by atoms with Gasteiger partial charge in [-0.3, -0.25) is 0 Å². The van der Waals surface area contributed by atoms with Gasteiger partial charge in [0.25, 0.3) is 0 Å². The maximum atomic E-state index is 13.2. The Morgan fingerprint density at radius 2 is 1.60 bits per heavy atom. The summed E-state index contributed by atoms with van der Waals surface area (Å²) in [7, 11) is 1.85. The molecule has 0 saturated carbocycles. The molecule has 0 spiro atoms. The Morgan fingerprint density at radius 3 is 2.20 bits per heavy atom. The highest BCUT2D eigenvalue weighted by Crippen LogP contribution is 2.38. The molecule has 1 atom stereocenters. The molecule has 25 heavy (non-hydrogen) atoms. The van der Waals surface area contributed by atoms with Gasteiger partial charge in [-0.1, -0.05) is 48.5 Å². The number of nitrogens with zero attached hydrogens (tertiary/aromatic N) is 4. The first-order valence-electron chi connectivity index (χ1n) is 8.00. The molecule has 0 bridgehead atoms. The first-order chi connectivity index (χ1) is 12.2. The van der Waals surface area contributed by atoms with E-state index in [-0.39, 0.29) is 10.5 Å². The first-order valence-corrected chi connectivity index (χ1v) is 8.00. The van der Waals surface area contributed by atoms with E-state index < -0.39 is 0 Å². The number of aromatic nitrogens is 2. The number of aliphatic imine (C=N–C) groups is 1. The SMILES string of the molecule is C[N+]1(C(=O)n2ccnc2)C=NC(c2ccccc2)=C1c1ccccc1. The Balaban J connectivity index is 1.93. The minimum absolute atomic E-state index is 0.0510. The third-order valence-electron chi connectivity index (χ3n) is 4.32. The van der Waals surface area contributed by atoms with Gasteiger partial charge in [-0.2, -0.15) is 9.48 Å². The van der Waals surface area contributed by atoms with Crippen molar-refractivity contribution in [3.63, 3.8) is 0 Å². The fourth-order valence-corrected chi connectivity index (χ4v) is 3.08. The molecular weight excluding hydrogens is 312 g/mol. The van der Waals surface area contributed by atoms with E-state index in [1.54, 1.807) is 18.7 Å². The summed E-state index contributed by atoms with van der Waals surface area (Å²) >= 11 is 0. The van der Waals surface area contributed by atoms with E-state index in [9.17, 15) is 4.79 Å². The van der Waals surface area contributed by atoms with Crippen LogP contribution in [-0.4, -0.2) is 33.5 Å². The number of hydrogen-bond donors (Lipinski definition) is 0. The molecule has 1 unspecified atom stereocenters. The summed E-state index contributed by atoms with van der Waals surface area (Å²) in [6, 6.07) is 19.7. The molecule has 1 aliphatic rings. The molecule has 0 saturated heterocycles. The van der Waals surface area contributed by atoms with Gasteiger partial charge in [0.15, 0.2) is 5.70 Å². The van der Waals surface area contributed by atoms with E-state index in [1.807, 2.05) is 67.7 Å².